The number of anilines is 1. The van der Waals surface area contributed by atoms with E-state index in [2.05, 4.69) is 5.32 Å². The van der Waals surface area contributed by atoms with Gasteiger partial charge in [0, 0.05) is 11.3 Å². The zero-order valence-corrected chi connectivity index (χ0v) is 23.1. The van der Waals surface area contributed by atoms with Gasteiger partial charge >= 0.3 is 5.97 Å². The Morgan fingerprint density at radius 2 is 1.87 bits per heavy atom. The lowest BCUT2D eigenvalue weighted by Crippen LogP contribution is -2.36. The van der Waals surface area contributed by atoms with Crippen molar-refractivity contribution in [3.63, 3.8) is 0 Å². The number of carbonyl (C=O) groups is 4. The van der Waals surface area contributed by atoms with Crippen LogP contribution >= 0.6 is 23.4 Å². The van der Waals surface area contributed by atoms with Gasteiger partial charge in [-0.2, -0.15) is 0 Å². The molecule has 3 aromatic carbocycles. The number of thioether (sulfide) groups is 1. The van der Waals surface area contributed by atoms with E-state index in [9.17, 15) is 19.2 Å². The molecule has 4 rings (SSSR count). The first-order valence-electron chi connectivity index (χ1n) is 12.5. The number of nitrogens with zero attached hydrogens (tertiary/aromatic N) is 1. The fourth-order valence-corrected chi connectivity index (χ4v) is 4.98. The van der Waals surface area contributed by atoms with E-state index < -0.39 is 29.6 Å². The topological polar surface area (TPSA) is 102 Å². The van der Waals surface area contributed by atoms with Crippen LogP contribution in [0.2, 0.25) is 5.02 Å². The van der Waals surface area contributed by atoms with Crippen LogP contribution in [0.3, 0.4) is 0 Å². The maximum atomic E-state index is 13.1. The summed E-state index contributed by atoms with van der Waals surface area (Å²) in [6.45, 7) is 4.05. The van der Waals surface area contributed by atoms with Gasteiger partial charge in [-0.15, -0.1) is 0 Å². The highest BCUT2D eigenvalue weighted by Gasteiger charge is 2.36. The molecule has 202 valence electrons. The summed E-state index contributed by atoms with van der Waals surface area (Å²) in [5, 5.41) is 4.08. The van der Waals surface area contributed by atoms with Gasteiger partial charge in [-0.05, 0) is 66.2 Å². The van der Waals surface area contributed by atoms with Crippen molar-refractivity contribution in [1.29, 1.82) is 0 Å². The minimum absolute atomic E-state index is 0.111. The quantitative estimate of drug-likeness (QED) is 0.169. The van der Waals surface area contributed by atoms with Gasteiger partial charge in [0.15, 0.2) is 0 Å². The Kier molecular flexibility index (Phi) is 9.27. The first-order chi connectivity index (χ1) is 18.8. The Morgan fingerprint density at radius 1 is 1.08 bits per heavy atom. The summed E-state index contributed by atoms with van der Waals surface area (Å²) in [7, 11) is 0. The highest BCUT2D eigenvalue weighted by atomic mass is 35.5. The summed E-state index contributed by atoms with van der Waals surface area (Å²) >= 11 is 6.90. The Bertz CT molecular complexity index is 1470. The van der Waals surface area contributed by atoms with E-state index in [4.69, 9.17) is 21.1 Å². The highest BCUT2D eigenvalue weighted by Crippen LogP contribution is 2.37. The lowest BCUT2D eigenvalue weighted by molar-refractivity contribution is -0.127. The van der Waals surface area contributed by atoms with Crippen LogP contribution in [0.15, 0.2) is 59.5 Å². The molecule has 0 unspecified atom stereocenters. The van der Waals surface area contributed by atoms with Gasteiger partial charge in [0.25, 0.3) is 11.1 Å². The van der Waals surface area contributed by atoms with Crippen molar-refractivity contribution < 1.29 is 28.7 Å². The van der Waals surface area contributed by atoms with Crippen molar-refractivity contribution in [1.82, 2.24) is 4.90 Å². The number of nitrogens with one attached hydrogen (secondary N) is 1. The number of esters is 1. The number of benzene rings is 3. The SMILES string of the molecule is CCCCOC(=O)c1cc(NC(=O)CN2C(=O)S/C(=C/c3c(OCC)ccc4ccccc34)C2=O)ccc1Cl. The molecular formula is C29H27ClN2O6S. The van der Waals surface area contributed by atoms with Gasteiger partial charge < -0.3 is 14.8 Å². The molecule has 0 spiro atoms. The minimum atomic E-state index is -0.605. The van der Waals surface area contributed by atoms with Gasteiger partial charge in [0.05, 0.1) is 28.7 Å². The molecule has 1 aliphatic heterocycles. The lowest BCUT2D eigenvalue weighted by atomic mass is 10.0. The Labute approximate surface area is 235 Å². The van der Waals surface area contributed by atoms with Gasteiger partial charge in [0.2, 0.25) is 5.91 Å². The zero-order valence-electron chi connectivity index (χ0n) is 21.5. The summed E-state index contributed by atoms with van der Waals surface area (Å²) in [6.07, 6.45) is 3.22. The third kappa shape index (κ3) is 6.61. The van der Waals surface area contributed by atoms with E-state index >= 15 is 0 Å². The number of carbonyl (C=O) groups excluding carboxylic acids is 4. The van der Waals surface area contributed by atoms with E-state index in [0.29, 0.717) is 17.9 Å². The van der Waals surface area contributed by atoms with Crippen LogP contribution in [0.5, 0.6) is 5.75 Å². The molecule has 3 amide bonds. The Hall–Kier alpha value is -3.82. The number of unbranched alkanes of at least 4 members (excludes halogenated alkanes) is 1. The second-order valence-electron chi connectivity index (χ2n) is 8.63. The number of halogens is 1. The molecule has 0 atom stereocenters. The molecule has 1 N–H and O–H groups in total. The molecule has 3 aromatic rings. The highest BCUT2D eigenvalue weighted by molar-refractivity contribution is 8.18. The first kappa shape index (κ1) is 28.2. The number of hydrogen-bond donors (Lipinski definition) is 1. The van der Waals surface area contributed by atoms with E-state index in [0.717, 1.165) is 40.3 Å². The predicted octanol–water partition coefficient (Wildman–Crippen LogP) is 6.52. The molecule has 0 saturated carbocycles. The van der Waals surface area contributed by atoms with E-state index in [-0.39, 0.29) is 27.8 Å². The van der Waals surface area contributed by atoms with Gasteiger partial charge in [-0.25, -0.2) is 4.79 Å². The molecule has 8 nitrogen and oxygen atoms in total. The van der Waals surface area contributed by atoms with Gasteiger partial charge in [0.1, 0.15) is 12.3 Å². The maximum absolute atomic E-state index is 13.1. The number of rotatable bonds is 10. The molecule has 0 bridgehead atoms. The van der Waals surface area contributed by atoms with Crippen molar-refractivity contribution in [3.8, 4) is 5.75 Å². The molecule has 1 fully saturated rings. The monoisotopic (exact) mass is 566 g/mol. The van der Waals surface area contributed by atoms with Crippen LogP contribution in [0.25, 0.3) is 16.8 Å². The van der Waals surface area contributed by atoms with Crippen molar-refractivity contribution in [2.45, 2.75) is 26.7 Å². The molecule has 39 heavy (non-hydrogen) atoms. The zero-order chi connectivity index (χ0) is 27.9. The summed E-state index contributed by atoms with van der Waals surface area (Å²) < 4.78 is 11.0. The Balaban J connectivity index is 1.50. The van der Waals surface area contributed by atoms with Gasteiger partial charge in [-0.3, -0.25) is 19.3 Å². The van der Waals surface area contributed by atoms with Crippen molar-refractivity contribution in [3.05, 3.63) is 75.7 Å². The molecule has 1 heterocycles. The van der Waals surface area contributed by atoms with Crippen LogP contribution in [0.4, 0.5) is 10.5 Å². The largest absolute Gasteiger partial charge is 0.493 e. The van der Waals surface area contributed by atoms with Crippen molar-refractivity contribution >= 4 is 68.9 Å². The molecule has 0 aromatic heterocycles. The maximum Gasteiger partial charge on any atom is 0.339 e. The minimum Gasteiger partial charge on any atom is -0.493 e. The summed E-state index contributed by atoms with van der Waals surface area (Å²) in [4.78, 5) is 52.0. The van der Waals surface area contributed by atoms with Crippen molar-refractivity contribution in [2.24, 2.45) is 0 Å². The average molecular weight is 567 g/mol. The second kappa shape index (κ2) is 12.8. The van der Waals surface area contributed by atoms with Crippen LogP contribution in [-0.2, 0) is 14.3 Å². The number of amides is 3. The average Bonchev–Trinajstić information content (AvgIpc) is 3.18. The molecule has 1 aliphatic rings. The van der Waals surface area contributed by atoms with Gasteiger partial charge in [-0.1, -0.05) is 55.3 Å². The molecule has 0 radical (unpaired) electrons. The predicted molar refractivity (Wildman–Crippen MR) is 153 cm³/mol. The summed E-state index contributed by atoms with van der Waals surface area (Å²) in [6, 6.07) is 15.8. The normalized spacial score (nSPS) is 14.2. The van der Waals surface area contributed by atoms with Crippen molar-refractivity contribution in [2.75, 3.05) is 25.1 Å². The molecular weight excluding hydrogens is 540 g/mol. The molecule has 10 heteroatoms. The third-order valence-corrected chi connectivity index (χ3v) is 7.12. The number of hydrogen-bond acceptors (Lipinski definition) is 7. The number of imide groups is 1. The van der Waals surface area contributed by atoms with E-state index in [1.807, 2.05) is 50.2 Å². The van der Waals surface area contributed by atoms with E-state index in [1.165, 1.54) is 18.2 Å². The molecule has 0 aliphatic carbocycles. The molecule has 1 saturated heterocycles. The van der Waals surface area contributed by atoms with Crippen LogP contribution < -0.4 is 10.1 Å². The van der Waals surface area contributed by atoms with E-state index in [1.54, 1.807) is 6.08 Å². The Morgan fingerprint density at radius 3 is 2.64 bits per heavy atom. The summed E-state index contributed by atoms with van der Waals surface area (Å²) in [5.74, 6) is -1.19. The second-order valence-corrected chi connectivity index (χ2v) is 10.0. The lowest BCUT2D eigenvalue weighted by Gasteiger charge is -2.14. The first-order valence-corrected chi connectivity index (χ1v) is 13.7. The summed E-state index contributed by atoms with van der Waals surface area (Å²) in [5.41, 5.74) is 1.08. The fraction of sp³-hybridized carbons (Fsp3) is 0.241. The third-order valence-electron chi connectivity index (χ3n) is 5.88. The smallest absolute Gasteiger partial charge is 0.339 e. The number of fused-ring (bicyclic) bond motifs is 1. The van der Waals surface area contributed by atoms with Crippen LogP contribution in [0.1, 0.15) is 42.6 Å². The number of ether oxygens (including phenoxy) is 2. The van der Waals surface area contributed by atoms with Crippen LogP contribution in [-0.4, -0.2) is 47.7 Å². The fourth-order valence-electron chi connectivity index (χ4n) is 3.96. The van der Waals surface area contributed by atoms with Crippen LogP contribution in [0, 0.1) is 0 Å². The standard InChI is InChI=1S/C29H27ClN2O6S/c1-3-5-14-38-28(35)22-15-19(11-12-23(22)30)31-26(33)17-32-27(34)25(39-29(32)36)16-21-20-9-7-6-8-18(20)10-13-24(21)37-4-2/h6-13,15-16H,3-5,14,17H2,1-2H3,(H,31,33)/b25-16+.